The lowest BCUT2D eigenvalue weighted by Gasteiger charge is -2.29. The summed E-state index contributed by atoms with van der Waals surface area (Å²) in [5.41, 5.74) is 2.38. The van der Waals surface area contributed by atoms with Crippen LogP contribution in [0.3, 0.4) is 0 Å². The van der Waals surface area contributed by atoms with E-state index in [1.54, 1.807) is 20.4 Å². The number of hydrogen-bond acceptors (Lipinski definition) is 4. The Balaban J connectivity index is 0.00000280. The Hall–Kier alpha value is -1.81. The SMILES string of the molecule is CN=C(NCc1ccnn1C)NCC(c1cccc(OC)c1)N1CCCC1.I. The van der Waals surface area contributed by atoms with Crippen LogP contribution in [0.5, 0.6) is 5.75 Å². The summed E-state index contributed by atoms with van der Waals surface area (Å²) in [5, 5.41) is 11.1. The molecule has 3 rings (SSSR count). The van der Waals surface area contributed by atoms with Crippen molar-refractivity contribution in [3.8, 4) is 5.75 Å². The van der Waals surface area contributed by atoms with E-state index < -0.39 is 0 Å². The molecule has 1 aromatic heterocycles. The zero-order valence-electron chi connectivity index (χ0n) is 16.9. The predicted octanol–water partition coefficient (Wildman–Crippen LogP) is 2.55. The summed E-state index contributed by atoms with van der Waals surface area (Å²) in [6, 6.07) is 10.7. The summed E-state index contributed by atoms with van der Waals surface area (Å²) >= 11 is 0. The van der Waals surface area contributed by atoms with Gasteiger partial charge in [-0.3, -0.25) is 14.6 Å². The highest BCUT2D eigenvalue weighted by Gasteiger charge is 2.24. The molecule has 1 atom stereocenters. The fourth-order valence-electron chi connectivity index (χ4n) is 3.52. The lowest BCUT2D eigenvalue weighted by molar-refractivity contribution is 0.245. The van der Waals surface area contributed by atoms with Crippen LogP contribution >= 0.6 is 24.0 Å². The minimum absolute atomic E-state index is 0. The van der Waals surface area contributed by atoms with Gasteiger partial charge in [-0.25, -0.2) is 0 Å². The maximum absolute atomic E-state index is 5.42. The normalized spacial score (nSPS) is 15.8. The first-order valence-corrected chi connectivity index (χ1v) is 9.50. The van der Waals surface area contributed by atoms with Gasteiger partial charge in [0, 0.05) is 26.8 Å². The Kier molecular flexibility index (Phi) is 9.04. The molecule has 28 heavy (non-hydrogen) atoms. The van der Waals surface area contributed by atoms with Crippen molar-refractivity contribution in [2.24, 2.45) is 12.0 Å². The van der Waals surface area contributed by atoms with Gasteiger partial charge >= 0.3 is 0 Å². The number of nitrogens with zero attached hydrogens (tertiary/aromatic N) is 4. The van der Waals surface area contributed by atoms with Crippen LogP contribution in [0.1, 0.15) is 30.1 Å². The van der Waals surface area contributed by atoms with E-state index in [0.717, 1.165) is 37.0 Å². The number of aryl methyl sites for hydroxylation is 1. The van der Waals surface area contributed by atoms with Crippen LogP contribution in [0, 0.1) is 0 Å². The van der Waals surface area contributed by atoms with Gasteiger partial charge in [-0.05, 0) is 49.7 Å². The molecule has 1 aliphatic rings. The first-order chi connectivity index (χ1) is 13.2. The molecule has 1 fully saturated rings. The molecule has 1 saturated heterocycles. The third-order valence-corrected chi connectivity index (χ3v) is 5.11. The standard InChI is InChI=1S/C20H30N6O.HI/c1-21-20(22-14-17-9-10-24-25(17)2)23-15-19(26-11-4-5-12-26)16-7-6-8-18(13-16)27-3;/h6-10,13,19H,4-5,11-12,14-15H2,1-3H3,(H2,21,22,23);1H. The van der Waals surface area contributed by atoms with E-state index in [4.69, 9.17) is 4.74 Å². The molecule has 2 heterocycles. The fourth-order valence-corrected chi connectivity index (χ4v) is 3.52. The van der Waals surface area contributed by atoms with Gasteiger partial charge in [0.2, 0.25) is 0 Å². The number of guanidine groups is 1. The van der Waals surface area contributed by atoms with Gasteiger partial charge in [0.15, 0.2) is 5.96 Å². The maximum atomic E-state index is 5.42. The molecule has 8 heteroatoms. The molecule has 154 valence electrons. The highest BCUT2D eigenvalue weighted by molar-refractivity contribution is 14.0. The average Bonchev–Trinajstić information content (AvgIpc) is 3.37. The minimum Gasteiger partial charge on any atom is -0.497 e. The fraction of sp³-hybridized carbons (Fsp3) is 0.500. The molecule has 0 bridgehead atoms. The highest BCUT2D eigenvalue weighted by atomic mass is 127. The van der Waals surface area contributed by atoms with Gasteiger partial charge < -0.3 is 15.4 Å². The van der Waals surface area contributed by atoms with Crippen molar-refractivity contribution >= 4 is 29.9 Å². The van der Waals surface area contributed by atoms with Crippen LogP contribution < -0.4 is 15.4 Å². The Bertz CT molecular complexity index is 757. The molecule has 1 aliphatic heterocycles. The number of halogens is 1. The number of rotatable bonds is 7. The Labute approximate surface area is 184 Å². The summed E-state index contributed by atoms with van der Waals surface area (Å²) in [6.45, 7) is 3.73. The van der Waals surface area contributed by atoms with Crippen LogP contribution in [0.15, 0.2) is 41.5 Å². The van der Waals surface area contributed by atoms with Crippen molar-refractivity contribution in [2.75, 3.05) is 33.8 Å². The first-order valence-electron chi connectivity index (χ1n) is 9.50. The first kappa shape index (κ1) is 22.5. The largest absolute Gasteiger partial charge is 0.497 e. The van der Waals surface area contributed by atoms with E-state index in [1.807, 2.05) is 23.9 Å². The second-order valence-corrected chi connectivity index (χ2v) is 6.79. The summed E-state index contributed by atoms with van der Waals surface area (Å²) in [6.07, 6.45) is 4.32. The van der Waals surface area contributed by atoms with Crippen molar-refractivity contribution in [2.45, 2.75) is 25.4 Å². The third kappa shape index (κ3) is 5.84. The highest BCUT2D eigenvalue weighted by Crippen LogP contribution is 2.27. The zero-order valence-corrected chi connectivity index (χ0v) is 19.2. The van der Waals surface area contributed by atoms with Crippen LogP contribution in [0.25, 0.3) is 0 Å². The summed E-state index contributed by atoms with van der Waals surface area (Å²) < 4.78 is 7.29. The second-order valence-electron chi connectivity index (χ2n) is 6.79. The second kappa shape index (κ2) is 11.3. The summed E-state index contributed by atoms with van der Waals surface area (Å²) in [5.74, 6) is 1.69. The smallest absolute Gasteiger partial charge is 0.191 e. The molecule has 7 nitrogen and oxygen atoms in total. The number of aromatic nitrogens is 2. The topological polar surface area (TPSA) is 66.7 Å². The number of nitrogens with one attached hydrogen (secondary N) is 2. The summed E-state index contributed by atoms with van der Waals surface area (Å²) in [7, 11) is 5.46. The van der Waals surface area contributed by atoms with Crippen LogP contribution in [0.4, 0.5) is 0 Å². The van der Waals surface area contributed by atoms with Crippen molar-refractivity contribution in [1.29, 1.82) is 0 Å². The summed E-state index contributed by atoms with van der Waals surface area (Å²) in [4.78, 5) is 6.90. The lowest BCUT2D eigenvalue weighted by atomic mass is 10.1. The van der Waals surface area contributed by atoms with Crippen molar-refractivity contribution in [3.63, 3.8) is 0 Å². The monoisotopic (exact) mass is 498 g/mol. The quantitative estimate of drug-likeness (QED) is 0.349. The van der Waals surface area contributed by atoms with Gasteiger partial charge in [-0.1, -0.05) is 12.1 Å². The molecule has 2 aromatic rings. The molecule has 1 aromatic carbocycles. The molecule has 0 saturated carbocycles. The van der Waals surface area contributed by atoms with Crippen LogP contribution in [0.2, 0.25) is 0 Å². The molecule has 2 N–H and O–H groups in total. The van der Waals surface area contributed by atoms with Crippen molar-refractivity contribution < 1.29 is 4.74 Å². The van der Waals surface area contributed by atoms with E-state index in [2.05, 4.69) is 43.8 Å². The number of aliphatic imine (C=N–C) groups is 1. The Morgan fingerprint density at radius 3 is 2.68 bits per heavy atom. The molecular weight excluding hydrogens is 467 g/mol. The van der Waals surface area contributed by atoms with E-state index in [1.165, 1.54) is 18.4 Å². The van der Waals surface area contributed by atoms with Crippen molar-refractivity contribution in [3.05, 3.63) is 47.8 Å². The van der Waals surface area contributed by atoms with E-state index >= 15 is 0 Å². The number of methoxy groups -OCH3 is 1. The average molecular weight is 498 g/mol. The van der Waals surface area contributed by atoms with Gasteiger partial charge in [0.25, 0.3) is 0 Å². The zero-order chi connectivity index (χ0) is 19.1. The lowest BCUT2D eigenvalue weighted by Crippen LogP contribution is -2.42. The molecule has 0 spiro atoms. The number of likely N-dealkylation sites (tertiary alicyclic amines) is 1. The minimum atomic E-state index is 0. The Morgan fingerprint density at radius 2 is 2.04 bits per heavy atom. The van der Waals surface area contributed by atoms with Gasteiger partial charge in [0.1, 0.15) is 5.75 Å². The van der Waals surface area contributed by atoms with Crippen LogP contribution in [-0.2, 0) is 13.6 Å². The number of ether oxygens (including phenoxy) is 1. The van der Waals surface area contributed by atoms with E-state index in [0.29, 0.717) is 6.54 Å². The van der Waals surface area contributed by atoms with Crippen LogP contribution in [-0.4, -0.2) is 54.4 Å². The van der Waals surface area contributed by atoms with Gasteiger partial charge in [0.05, 0.1) is 25.4 Å². The molecular formula is C20H31IN6O. The predicted molar refractivity (Wildman–Crippen MR) is 123 cm³/mol. The maximum Gasteiger partial charge on any atom is 0.191 e. The third-order valence-electron chi connectivity index (χ3n) is 5.11. The number of benzene rings is 1. The molecule has 0 amide bonds. The van der Waals surface area contributed by atoms with E-state index in [9.17, 15) is 0 Å². The molecule has 0 radical (unpaired) electrons. The number of hydrogen-bond donors (Lipinski definition) is 2. The van der Waals surface area contributed by atoms with Crippen molar-refractivity contribution in [1.82, 2.24) is 25.3 Å². The van der Waals surface area contributed by atoms with E-state index in [-0.39, 0.29) is 30.0 Å². The molecule has 0 aliphatic carbocycles. The van der Waals surface area contributed by atoms with Gasteiger partial charge in [-0.15, -0.1) is 24.0 Å². The van der Waals surface area contributed by atoms with Gasteiger partial charge in [-0.2, -0.15) is 5.10 Å². The Morgan fingerprint density at radius 1 is 1.25 bits per heavy atom. The molecule has 1 unspecified atom stereocenters.